The van der Waals surface area contributed by atoms with E-state index in [1.807, 2.05) is 0 Å². The first-order chi connectivity index (χ1) is 7.47. The van der Waals surface area contributed by atoms with E-state index in [9.17, 15) is 9.59 Å². The van der Waals surface area contributed by atoms with Crippen LogP contribution in [0.2, 0.25) is 0 Å². The molecule has 0 radical (unpaired) electrons. The van der Waals surface area contributed by atoms with Gasteiger partial charge in [0, 0.05) is 6.42 Å². The molecule has 0 aromatic carbocycles. The third kappa shape index (κ3) is 2.28. The molecule has 0 aliphatic rings. The minimum Gasteiger partial charge on any atom is -0.480 e. The van der Waals surface area contributed by atoms with Crippen LogP contribution in [0.3, 0.4) is 0 Å². The first-order valence-electron chi connectivity index (χ1n) is 4.21. The van der Waals surface area contributed by atoms with Crippen LogP contribution in [0.5, 0.6) is 5.88 Å². The van der Waals surface area contributed by atoms with Crippen molar-refractivity contribution in [2.75, 3.05) is 7.11 Å². The molecule has 1 atom stereocenters. The number of aliphatic carboxylic acids is 1. The monoisotopic (exact) mass is 230 g/mol. The quantitative estimate of drug-likeness (QED) is 0.606. The normalized spacial score (nSPS) is 12.1. The minimum absolute atomic E-state index is 0.0323. The molecule has 8 heteroatoms. The molecule has 88 valence electrons. The number of aromatic nitrogens is 1. The standard InChI is InChI=1S/C8H10N2O6/c1-15-6-3(2-4(9)7(11)12)5(8(13)14)16-10-6/h4H,2,9H2,1H3,(H,11,12)(H,13,14)/t4-/m0/s1. The second kappa shape index (κ2) is 4.62. The zero-order valence-electron chi connectivity index (χ0n) is 8.34. The maximum absolute atomic E-state index is 10.7. The molecule has 0 bridgehead atoms. The van der Waals surface area contributed by atoms with E-state index in [0.717, 1.165) is 0 Å². The van der Waals surface area contributed by atoms with Crippen LogP contribution in [0.1, 0.15) is 16.1 Å². The van der Waals surface area contributed by atoms with Gasteiger partial charge >= 0.3 is 11.9 Å². The van der Waals surface area contributed by atoms with Crippen molar-refractivity contribution in [2.24, 2.45) is 5.73 Å². The predicted molar refractivity (Wildman–Crippen MR) is 49.3 cm³/mol. The summed E-state index contributed by atoms with van der Waals surface area (Å²) in [6.45, 7) is 0. The van der Waals surface area contributed by atoms with Crippen molar-refractivity contribution in [3.8, 4) is 5.88 Å². The number of carbonyl (C=O) groups is 2. The third-order valence-corrected chi connectivity index (χ3v) is 1.88. The van der Waals surface area contributed by atoms with E-state index in [4.69, 9.17) is 20.7 Å². The number of nitrogens with two attached hydrogens (primary N) is 1. The summed E-state index contributed by atoms with van der Waals surface area (Å²) >= 11 is 0. The van der Waals surface area contributed by atoms with Crippen LogP contribution in [0.15, 0.2) is 4.52 Å². The topological polar surface area (TPSA) is 136 Å². The van der Waals surface area contributed by atoms with Gasteiger partial charge in [-0.3, -0.25) is 4.79 Å². The minimum atomic E-state index is -1.36. The van der Waals surface area contributed by atoms with Crippen molar-refractivity contribution in [2.45, 2.75) is 12.5 Å². The Morgan fingerprint density at radius 2 is 2.19 bits per heavy atom. The van der Waals surface area contributed by atoms with Gasteiger partial charge in [-0.25, -0.2) is 4.79 Å². The highest BCUT2D eigenvalue weighted by molar-refractivity contribution is 5.87. The van der Waals surface area contributed by atoms with E-state index in [0.29, 0.717) is 0 Å². The first kappa shape index (κ1) is 12.0. The lowest BCUT2D eigenvalue weighted by Gasteiger charge is -2.05. The fraction of sp³-hybridized carbons (Fsp3) is 0.375. The molecule has 0 aliphatic carbocycles. The molecule has 8 nitrogen and oxygen atoms in total. The highest BCUT2D eigenvalue weighted by atomic mass is 16.5. The second-order valence-corrected chi connectivity index (χ2v) is 2.95. The summed E-state index contributed by atoms with van der Waals surface area (Å²) in [5.74, 6) is -3.15. The van der Waals surface area contributed by atoms with Crippen molar-refractivity contribution in [3.05, 3.63) is 11.3 Å². The van der Waals surface area contributed by atoms with Crippen LogP contribution < -0.4 is 10.5 Å². The van der Waals surface area contributed by atoms with Crippen molar-refractivity contribution < 1.29 is 29.1 Å². The molecule has 0 aliphatic heterocycles. The Morgan fingerprint density at radius 1 is 1.56 bits per heavy atom. The Bertz CT molecular complexity index is 413. The van der Waals surface area contributed by atoms with E-state index in [-0.39, 0.29) is 17.9 Å². The summed E-state index contributed by atoms with van der Waals surface area (Å²) in [7, 11) is 1.26. The molecule has 1 aromatic rings. The van der Waals surface area contributed by atoms with E-state index in [1.54, 1.807) is 0 Å². The number of carboxylic acid groups (broad SMARTS) is 2. The third-order valence-electron chi connectivity index (χ3n) is 1.88. The molecule has 0 amide bonds. The number of nitrogens with zero attached hydrogens (tertiary/aromatic N) is 1. The van der Waals surface area contributed by atoms with Gasteiger partial charge in [0.25, 0.3) is 11.6 Å². The number of carboxylic acids is 2. The molecular formula is C8H10N2O6. The maximum Gasteiger partial charge on any atom is 0.375 e. The van der Waals surface area contributed by atoms with Crippen LogP contribution in [0.4, 0.5) is 0 Å². The number of methoxy groups -OCH3 is 1. The van der Waals surface area contributed by atoms with E-state index < -0.39 is 23.7 Å². The SMILES string of the molecule is COc1noc(C(=O)O)c1C[C@H](N)C(=O)O. The Balaban J connectivity index is 3.04. The zero-order chi connectivity index (χ0) is 12.3. The summed E-state index contributed by atoms with van der Waals surface area (Å²) < 4.78 is 9.25. The van der Waals surface area contributed by atoms with Gasteiger partial charge in [-0.15, -0.1) is 0 Å². The zero-order valence-corrected chi connectivity index (χ0v) is 8.34. The maximum atomic E-state index is 10.7. The van der Waals surface area contributed by atoms with Crippen molar-refractivity contribution in [1.82, 2.24) is 5.16 Å². The highest BCUT2D eigenvalue weighted by Gasteiger charge is 2.26. The van der Waals surface area contributed by atoms with Gasteiger partial charge in [0.1, 0.15) is 6.04 Å². The van der Waals surface area contributed by atoms with Crippen LogP contribution in [-0.4, -0.2) is 40.5 Å². The number of aromatic carboxylic acids is 1. The molecule has 1 heterocycles. The van der Waals surface area contributed by atoms with Gasteiger partial charge in [0.05, 0.1) is 12.7 Å². The lowest BCUT2D eigenvalue weighted by molar-refractivity contribution is -0.138. The molecule has 0 spiro atoms. The lowest BCUT2D eigenvalue weighted by Crippen LogP contribution is -2.32. The van der Waals surface area contributed by atoms with Crippen LogP contribution in [0.25, 0.3) is 0 Å². The first-order valence-corrected chi connectivity index (χ1v) is 4.21. The van der Waals surface area contributed by atoms with E-state index in [2.05, 4.69) is 9.68 Å². The van der Waals surface area contributed by atoms with Gasteiger partial charge in [0.2, 0.25) is 0 Å². The van der Waals surface area contributed by atoms with Crippen LogP contribution >= 0.6 is 0 Å². The van der Waals surface area contributed by atoms with Gasteiger partial charge in [-0.2, -0.15) is 0 Å². The van der Waals surface area contributed by atoms with Gasteiger partial charge in [0.15, 0.2) is 0 Å². The Kier molecular flexibility index (Phi) is 3.46. The Hall–Kier alpha value is -2.09. The van der Waals surface area contributed by atoms with Crippen LogP contribution in [0, 0.1) is 0 Å². The molecule has 0 saturated heterocycles. The number of hydrogen-bond donors (Lipinski definition) is 3. The smallest absolute Gasteiger partial charge is 0.375 e. The highest BCUT2D eigenvalue weighted by Crippen LogP contribution is 2.22. The summed E-state index contributed by atoms with van der Waals surface area (Å²) in [5.41, 5.74) is 5.32. The van der Waals surface area contributed by atoms with Crippen molar-refractivity contribution in [1.29, 1.82) is 0 Å². The molecular weight excluding hydrogens is 220 g/mol. The fourth-order valence-corrected chi connectivity index (χ4v) is 1.11. The molecule has 1 aromatic heterocycles. The Morgan fingerprint density at radius 3 is 2.62 bits per heavy atom. The molecule has 0 fully saturated rings. The lowest BCUT2D eigenvalue weighted by atomic mass is 10.1. The van der Waals surface area contributed by atoms with Gasteiger partial charge in [-0.1, -0.05) is 0 Å². The summed E-state index contributed by atoms with van der Waals surface area (Å²) in [6.07, 6.45) is -0.232. The largest absolute Gasteiger partial charge is 0.480 e. The summed E-state index contributed by atoms with van der Waals surface area (Å²) in [4.78, 5) is 21.3. The van der Waals surface area contributed by atoms with Crippen molar-refractivity contribution in [3.63, 3.8) is 0 Å². The summed E-state index contributed by atoms with van der Waals surface area (Å²) in [6, 6.07) is -1.24. The number of ether oxygens (including phenoxy) is 1. The molecule has 1 rings (SSSR count). The molecule has 0 unspecified atom stereocenters. The predicted octanol–water partition coefficient (Wildman–Crippen LogP) is -0.664. The van der Waals surface area contributed by atoms with Gasteiger partial charge in [-0.05, 0) is 5.16 Å². The second-order valence-electron chi connectivity index (χ2n) is 2.95. The van der Waals surface area contributed by atoms with E-state index >= 15 is 0 Å². The molecule has 4 N–H and O–H groups in total. The number of hydrogen-bond acceptors (Lipinski definition) is 6. The number of rotatable bonds is 5. The average Bonchev–Trinajstić information content (AvgIpc) is 2.60. The van der Waals surface area contributed by atoms with Crippen LogP contribution in [-0.2, 0) is 11.2 Å². The van der Waals surface area contributed by atoms with Gasteiger partial charge < -0.3 is 25.2 Å². The molecule has 0 saturated carbocycles. The van der Waals surface area contributed by atoms with E-state index in [1.165, 1.54) is 7.11 Å². The fourth-order valence-electron chi connectivity index (χ4n) is 1.11. The van der Waals surface area contributed by atoms with Crippen molar-refractivity contribution >= 4 is 11.9 Å². The molecule has 16 heavy (non-hydrogen) atoms. The summed E-state index contributed by atoms with van der Waals surface area (Å²) in [5, 5.41) is 20.7. The Labute approximate surface area is 89.6 Å². The average molecular weight is 230 g/mol.